The molecule has 0 unspecified atom stereocenters. The summed E-state index contributed by atoms with van der Waals surface area (Å²) in [5.74, 6) is -0.793. The van der Waals surface area contributed by atoms with Crippen molar-refractivity contribution in [3.63, 3.8) is 0 Å². The van der Waals surface area contributed by atoms with Gasteiger partial charge in [-0.1, -0.05) is 29.8 Å². The third-order valence-corrected chi connectivity index (χ3v) is 3.40. The summed E-state index contributed by atoms with van der Waals surface area (Å²) in [6.45, 7) is 0. The molecule has 2 N–H and O–H groups in total. The number of carbonyl (C=O) groups is 1. The predicted octanol–water partition coefficient (Wildman–Crippen LogP) is 3.29. The number of nitrogens with two attached hydrogens (primary N) is 1. The Morgan fingerprint density at radius 3 is 2.81 bits per heavy atom. The number of hydrogen-bond donors (Lipinski definition) is 1. The lowest BCUT2D eigenvalue weighted by molar-refractivity contribution is 0.0904. The minimum atomic E-state index is -0.494. The number of nitrogens with zero attached hydrogens (tertiary/aromatic N) is 2. The molecule has 0 spiro atoms. The molecule has 0 aliphatic rings. The van der Waals surface area contributed by atoms with Gasteiger partial charge >= 0.3 is 0 Å². The monoisotopic (exact) mass is 303 g/mol. The van der Waals surface area contributed by atoms with Gasteiger partial charge in [-0.25, -0.2) is 4.39 Å². The van der Waals surface area contributed by atoms with E-state index < -0.39 is 5.82 Å². The Kier molecular flexibility index (Phi) is 3.35. The molecule has 0 atom stereocenters. The minimum Gasteiger partial charge on any atom is -0.382 e. The number of aromatic nitrogens is 2. The lowest BCUT2D eigenvalue weighted by atomic mass is 10.1. The summed E-state index contributed by atoms with van der Waals surface area (Å²) in [5, 5.41) is 4.66. The van der Waals surface area contributed by atoms with Crippen LogP contribution >= 0.6 is 11.6 Å². The standard InChI is InChI=1S/C15H11ClFN3O/c16-10-4-1-3-9(7-10)8-13(21)20-12-6-2-5-11(17)14(12)15(18)19-20/h1-7H,8H2,(H2,18,19). The van der Waals surface area contributed by atoms with E-state index >= 15 is 0 Å². The van der Waals surface area contributed by atoms with E-state index in [1.165, 1.54) is 12.1 Å². The van der Waals surface area contributed by atoms with E-state index in [9.17, 15) is 9.18 Å². The average Bonchev–Trinajstić information content (AvgIpc) is 2.77. The fraction of sp³-hybridized carbons (Fsp3) is 0.0667. The molecule has 0 radical (unpaired) electrons. The number of rotatable bonds is 2. The Morgan fingerprint density at radius 1 is 1.29 bits per heavy atom. The lowest BCUT2D eigenvalue weighted by Crippen LogP contribution is -2.15. The molecule has 0 saturated heterocycles. The summed E-state index contributed by atoms with van der Waals surface area (Å²) in [7, 11) is 0. The number of halogens is 2. The maximum atomic E-state index is 13.7. The fourth-order valence-corrected chi connectivity index (χ4v) is 2.45. The number of nitrogen functional groups attached to an aromatic ring is 1. The molecule has 3 rings (SSSR count). The van der Waals surface area contributed by atoms with E-state index in [4.69, 9.17) is 17.3 Å². The van der Waals surface area contributed by atoms with Crippen molar-refractivity contribution in [2.24, 2.45) is 0 Å². The second-order valence-corrected chi connectivity index (χ2v) is 5.07. The van der Waals surface area contributed by atoms with Crippen molar-refractivity contribution in [1.29, 1.82) is 0 Å². The van der Waals surface area contributed by atoms with Crippen molar-refractivity contribution in [3.05, 3.63) is 58.9 Å². The van der Waals surface area contributed by atoms with Gasteiger partial charge in [0.2, 0.25) is 0 Å². The summed E-state index contributed by atoms with van der Waals surface area (Å²) >= 11 is 5.89. The van der Waals surface area contributed by atoms with Gasteiger partial charge in [0, 0.05) is 5.02 Å². The van der Waals surface area contributed by atoms with Crippen LogP contribution in [0.25, 0.3) is 10.9 Å². The number of fused-ring (bicyclic) bond motifs is 1. The summed E-state index contributed by atoms with van der Waals surface area (Å²) in [6.07, 6.45) is 0.104. The van der Waals surface area contributed by atoms with Crippen LogP contribution in [0, 0.1) is 5.82 Å². The molecule has 2 aromatic carbocycles. The van der Waals surface area contributed by atoms with Gasteiger partial charge in [0.1, 0.15) is 5.82 Å². The molecule has 0 bridgehead atoms. The van der Waals surface area contributed by atoms with Gasteiger partial charge in [0.15, 0.2) is 5.82 Å². The molecule has 0 fully saturated rings. The summed E-state index contributed by atoms with van der Waals surface area (Å²) in [4.78, 5) is 12.3. The van der Waals surface area contributed by atoms with Gasteiger partial charge in [-0.05, 0) is 29.8 Å². The van der Waals surface area contributed by atoms with Crippen LogP contribution in [0.4, 0.5) is 10.2 Å². The maximum Gasteiger partial charge on any atom is 0.251 e. The third-order valence-electron chi connectivity index (χ3n) is 3.16. The molecular weight excluding hydrogens is 293 g/mol. The summed E-state index contributed by atoms with van der Waals surface area (Å²) in [5.41, 5.74) is 6.80. The first-order valence-electron chi connectivity index (χ1n) is 6.26. The van der Waals surface area contributed by atoms with Crippen LogP contribution in [0.1, 0.15) is 10.4 Å². The van der Waals surface area contributed by atoms with Crippen molar-refractivity contribution in [2.75, 3.05) is 5.73 Å². The molecule has 0 saturated carbocycles. The second kappa shape index (κ2) is 5.18. The van der Waals surface area contributed by atoms with E-state index in [-0.39, 0.29) is 23.5 Å². The van der Waals surface area contributed by atoms with Crippen molar-refractivity contribution < 1.29 is 9.18 Å². The van der Waals surface area contributed by atoms with Gasteiger partial charge < -0.3 is 5.73 Å². The van der Waals surface area contributed by atoms with Crippen molar-refractivity contribution in [2.45, 2.75) is 6.42 Å². The molecule has 106 valence electrons. The van der Waals surface area contributed by atoms with Crippen LogP contribution < -0.4 is 5.73 Å². The van der Waals surface area contributed by atoms with Gasteiger partial charge in [-0.2, -0.15) is 4.68 Å². The maximum absolute atomic E-state index is 13.7. The third kappa shape index (κ3) is 2.48. The van der Waals surface area contributed by atoms with E-state index in [0.717, 1.165) is 10.2 Å². The van der Waals surface area contributed by atoms with Gasteiger partial charge in [-0.3, -0.25) is 4.79 Å². The highest BCUT2D eigenvalue weighted by atomic mass is 35.5. The first kappa shape index (κ1) is 13.6. The summed E-state index contributed by atoms with van der Waals surface area (Å²) in [6, 6.07) is 11.4. The summed E-state index contributed by atoms with van der Waals surface area (Å²) < 4.78 is 14.9. The van der Waals surface area contributed by atoms with E-state index in [2.05, 4.69) is 5.10 Å². The number of benzene rings is 2. The first-order chi connectivity index (χ1) is 10.1. The Balaban J connectivity index is 2.01. The smallest absolute Gasteiger partial charge is 0.251 e. The van der Waals surface area contributed by atoms with Crippen molar-refractivity contribution in [3.8, 4) is 0 Å². The molecule has 0 aliphatic heterocycles. The number of hydrogen-bond acceptors (Lipinski definition) is 3. The number of anilines is 1. The largest absolute Gasteiger partial charge is 0.382 e. The quantitative estimate of drug-likeness (QED) is 0.790. The van der Waals surface area contributed by atoms with E-state index in [1.807, 2.05) is 0 Å². The molecule has 0 amide bonds. The van der Waals surface area contributed by atoms with Crippen LogP contribution in [0.3, 0.4) is 0 Å². The predicted molar refractivity (Wildman–Crippen MR) is 79.9 cm³/mol. The Bertz CT molecular complexity index is 844. The van der Waals surface area contributed by atoms with Gasteiger partial charge in [0.25, 0.3) is 5.91 Å². The molecule has 21 heavy (non-hydrogen) atoms. The highest BCUT2D eigenvalue weighted by Crippen LogP contribution is 2.24. The topological polar surface area (TPSA) is 60.9 Å². The van der Waals surface area contributed by atoms with Gasteiger partial charge in [0.05, 0.1) is 17.3 Å². The molecule has 4 nitrogen and oxygen atoms in total. The molecule has 3 aromatic rings. The highest BCUT2D eigenvalue weighted by molar-refractivity contribution is 6.30. The van der Waals surface area contributed by atoms with Crippen LogP contribution in [0.15, 0.2) is 42.5 Å². The van der Waals surface area contributed by atoms with Crippen molar-refractivity contribution in [1.82, 2.24) is 9.78 Å². The minimum absolute atomic E-state index is 0.00236. The van der Waals surface area contributed by atoms with Crippen LogP contribution in [-0.2, 0) is 6.42 Å². The highest BCUT2D eigenvalue weighted by Gasteiger charge is 2.17. The SMILES string of the molecule is Nc1nn(C(=O)Cc2cccc(Cl)c2)c2cccc(F)c12. The molecule has 1 heterocycles. The van der Waals surface area contributed by atoms with Crippen LogP contribution in [0.2, 0.25) is 5.02 Å². The second-order valence-electron chi connectivity index (χ2n) is 4.63. The van der Waals surface area contributed by atoms with Crippen LogP contribution in [-0.4, -0.2) is 15.7 Å². The van der Waals surface area contributed by atoms with Gasteiger partial charge in [-0.15, -0.1) is 5.10 Å². The molecule has 6 heteroatoms. The Morgan fingerprint density at radius 2 is 2.05 bits per heavy atom. The lowest BCUT2D eigenvalue weighted by Gasteiger charge is -2.03. The Labute approximate surface area is 124 Å². The Hall–Kier alpha value is -2.40. The van der Waals surface area contributed by atoms with Crippen molar-refractivity contribution >= 4 is 34.2 Å². The normalized spacial score (nSPS) is 11.0. The van der Waals surface area contributed by atoms with Crippen LogP contribution in [0.5, 0.6) is 0 Å². The number of carbonyl (C=O) groups excluding carboxylic acids is 1. The average molecular weight is 304 g/mol. The van der Waals surface area contributed by atoms with E-state index in [1.54, 1.807) is 30.3 Å². The molecule has 1 aromatic heterocycles. The zero-order valence-electron chi connectivity index (χ0n) is 10.9. The fourth-order valence-electron chi connectivity index (χ4n) is 2.24. The zero-order chi connectivity index (χ0) is 15.0. The molecular formula is C15H11ClFN3O. The first-order valence-corrected chi connectivity index (χ1v) is 6.64. The zero-order valence-corrected chi connectivity index (χ0v) is 11.6. The van der Waals surface area contributed by atoms with E-state index in [0.29, 0.717) is 10.5 Å². The molecule has 0 aliphatic carbocycles.